The van der Waals surface area contributed by atoms with Crippen molar-refractivity contribution in [3.63, 3.8) is 0 Å². The molecule has 2 unspecified atom stereocenters. The van der Waals surface area contributed by atoms with Crippen LogP contribution < -0.4 is 0 Å². The Morgan fingerprint density at radius 2 is 1.79 bits per heavy atom. The van der Waals surface area contributed by atoms with E-state index in [-0.39, 0.29) is 6.42 Å². The topological polar surface area (TPSA) is 37.3 Å². The Kier molecular flexibility index (Phi) is 4.97. The molecule has 1 aromatic carbocycles. The SMILES string of the molecule is Cc1ccc(C(CC(C)CC(F)(F)F)C(=O)O)cc1. The third-order valence-corrected chi connectivity index (χ3v) is 3.00. The van der Waals surface area contributed by atoms with Gasteiger partial charge in [0.2, 0.25) is 0 Å². The van der Waals surface area contributed by atoms with E-state index >= 15 is 0 Å². The number of carbonyl (C=O) groups is 1. The summed E-state index contributed by atoms with van der Waals surface area (Å²) in [4.78, 5) is 11.2. The second-order valence-corrected chi connectivity index (χ2v) is 4.96. The van der Waals surface area contributed by atoms with Crippen molar-refractivity contribution in [3.05, 3.63) is 35.4 Å². The molecule has 0 amide bonds. The fraction of sp³-hybridized carbons (Fsp3) is 0.500. The predicted octanol–water partition coefficient (Wildman–Crippen LogP) is 4.14. The Morgan fingerprint density at radius 1 is 1.26 bits per heavy atom. The van der Waals surface area contributed by atoms with Gasteiger partial charge in [0.05, 0.1) is 5.92 Å². The minimum atomic E-state index is -4.25. The van der Waals surface area contributed by atoms with Gasteiger partial charge in [0.1, 0.15) is 0 Å². The van der Waals surface area contributed by atoms with Crippen LogP contribution >= 0.6 is 0 Å². The zero-order chi connectivity index (χ0) is 14.6. The van der Waals surface area contributed by atoms with E-state index in [1.807, 2.05) is 6.92 Å². The molecule has 2 atom stereocenters. The van der Waals surface area contributed by atoms with E-state index < -0.39 is 30.4 Å². The highest BCUT2D eigenvalue weighted by molar-refractivity contribution is 5.76. The van der Waals surface area contributed by atoms with Crippen LogP contribution in [0.3, 0.4) is 0 Å². The van der Waals surface area contributed by atoms with Crippen LogP contribution in [0.4, 0.5) is 13.2 Å². The van der Waals surface area contributed by atoms with Gasteiger partial charge in [-0.25, -0.2) is 0 Å². The summed E-state index contributed by atoms with van der Waals surface area (Å²) in [7, 11) is 0. The van der Waals surface area contributed by atoms with E-state index in [0.29, 0.717) is 5.56 Å². The largest absolute Gasteiger partial charge is 0.481 e. The summed E-state index contributed by atoms with van der Waals surface area (Å²) in [5.74, 6) is -2.70. The Labute approximate surface area is 110 Å². The van der Waals surface area contributed by atoms with E-state index in [1.165, 1.54) is 6.92 Å². The average molecular weight is 274 g/mol. The van der Waals surface area contributed by atoms with Crippen molar-refractivity contribution < 1.29 is 23.1 Å². The number of halogens is 3. The minimum Gasteiger partial charge on any atom is -0.481 e. The first-order chi connectivity index (χ1) is 8.69. The van der Waals surface area contributed by atoms with Crippen molar-refractivity contribution in [2.24, 2.45) is 5.92 Å². The van der Waals surface area contributed by atoms with Crippen LogP contribution in [0.1, 0.15) is 36.8 Å². The highest BCUT2D eigenvalue weighted by Gasteiger charge is 2.32. The van der Waals surface area contributed by atoms with Gasteiger partial charge in [-0.2, -0.15) is 13.2 Å². The number of aryl methyl sites for hydroxylation is 1. The summed E-state index contributed by atoms with van der Waals surface area (Å²) in [6.07, 6.45) is -5.23. The number of benzene rings is 1. The molecule has 106 valence electrons. The summed E-state index contributed by atoms with van der Waals surface area (Å²) in [6, 6.07) is 6.85. The number of carboxylic acids is 1. The Bertz CT molecular complexity index is 423. The highest BCUT2D eigenvalue weighted by Crippen LogP contribution is 2.31. The average Bonchev–Trinajstić information content (AvgIpc) is 2.24. The molecule has 0 aromatic heterocycles. The summed E-state index contributed by atoms with van der Waals surface area (Å²) in [6.45, 7) is 3.30. The van der Waals surface area contributed by atoms with Crippen molar-refractivity contribution in [2.45, 2.75) is 38.8 Å². The quantitative estimate of drug-likeness (QED) is 0.876. The molecule has 0 bridgehead atoms. The lowest BCUT2D eigenvalue weighted by Crippen LogP contribution is -2.19. The molecule has 1 rings (SSSR count). The van der Waals surface area contributed by atoms with Gasteiger partial charge in [-0.3, -0.25) is 4.79 Å². The van der Waals surface area contributed by atoms with Crippen molar-refractivity contribution in [1.82, 2.24) is 0 Å². The zero-order valence-corrected chi connectivity index (χ0v) is 10.9. The smallest absolute Gasteiger partial charge is 0.389 e. The van der Waals surface area contributed by atoms with Crippen molar-refractivity contribution in [2.75, 3.05) is 0 Å². The third kappa shape index (κ3) is 5.32. The van der Waals surface area contributed by atoms with Gasteiger partial charge < -0.3 is 5.11 Å². The molecule has 0 fully saturated rings. The lowest BCUT2D eigenvalue weighted by atomic mass is 9.88. The van der Waals surface area contributed by atoms with Gasteiger partial charge in [0.15, 0.2) is 0 Å². The summed E-state index contributed by atoms with van der Waals surface area (Å²) < 4.78 is 36.8. The molecule has 0 radical (unpaired) electrons. The molecule has 0 heterocycles. The summed E-state index contributed by atoms with van der Waals surface area (Å²) in [5.41, 5.74) is 1.53. The van der Waals surface area contributed by atoms with Gasteiger partial charge >= 0.3 is 12.1 Å². The van der Waals surface area contributed by atoms with E-state index in [2.05, 4.69) is 0 Å². The van der Waals surface area contributed by atoms with Crippen LogP contribution in [0, 0.1) is 12.8 Å². The van der Waals surface area contributed by atoms with Crippen LogP contribution in [0.25, 0.3) is 0 Å². The number of rotatable bonds is 5. The standard InChI is InChI=1S/C14H17F3O2/c1-9-3-5-11(6-4-9)12(13(18)19)7-10(2)8-14(15,16)17/h3-6,10,12H,7-8H2,1-2H3,(H,18,19). The number of hydrogen-bond donors (Lipinski definition) is 1. The molecular formula is C14H17F3O2. The molecule has 19 heavy (non-hydrogen) atoms. The van der Waals surface area contributed by atoms with E-state index in [9.17, 15) is 18.0 Å². The Hall–Kier alpha value is -1.52. The number of aliphatic carboxylic acids is 1. The molecule has 2 nitrogen and oxygen atoms in total. The highest BCUT2D eigenvalue weighted by atomic mass is 19.4. The monoisotopic (exact) mass is 274 g/mol. The van der Waals surface area contributed by atoms with Crippen LogP contribution in [0.5, 0.6) is 0 Å². The second-order valence-electron chi connectivity index (χ2n) is 4.96. The van der Waals surface area contributed by atoms with E-state index in [0.717, 1.165) is 5.56 Å². The van der Waals surface area contributed by atoms with Gasteiger partial charge in [-0.05, 0) is 24.8 Å². The van der Waals surface area contributed by atoms with Crippen molar-refractivity contribution >= 4 is 5.97 Å². The molecule has 0 spiro atoms. The predicted molar refractivity (Wildman–Crippen MR) is 66.0 cm³/mol. The summed E-state index contributed by atoms with van der Waals surface area (Å²) >= 11 is 0. The molecular weight excluding hydrogens is 257 g/mol. The molecule has 1 aromatic rings. The fourth-order valence-corrected chi connectivity index (χ4v) is 2.06. The molecule has 0 saturated heterocycles. The Balaban J connectivity index is 2.79. The van der Waals surface area contributed by atoms with Gasteiger partial charge in [-0.1, -0.05) is 36.8 Å². The molecule has 0 aliphatic rings. The molecule has 0 aliphatic carbocycles. The second kappa shape index (κ2) is 6.08. The molecule has 0 aliphatic heterocycles. The van der Waals surface area contributed by atoms with E-state index in [4.69, 9.17) is 5.11 Å². The van der Waals surface area contributed by atoms with Gasteiger partial charge in [-0.15, -0.1) is 0 Å². The third-order valence-electron chi connectivity index (χ3n) is 3.00. The number of carboxylic acid groups (broad SMARTS) is 1. The minimum absolute atomic E-state index is 0.0160. The maximum absolute atomic E-state index is 12.3. The first-order valence-electron chi connectivity index (χ1n) is 6.05. The van der Waals surface area contributed by atoms with Crippen LogP contribution in [-0.4, -0.2) is 17.3 Å². The maximum atomic E-state index is 12.3. The first-order valence-corrected chi connectivity index (χ1v) is 6.05. The molecule has 0 saturated carbocycles. The lowest BCUT2D eigenvalue weighted by molar-refractivity contribution is -0.148. The Morgan fingerprint density at radius 3 is 2.21 bits per heavy atom. The first kappa shape index (κ1) is 15.5. The maximum Gasteiger partial charge on any atom is 0.389 e. The van der Waals surface area contributed by atoms with Crippen molar-refractivity contribution in [1.29, 1.82) is 0 Å². The van der Waals surface area contributed by atoms with Gasteiger partial charge in [0.25, 0.3) is 0 Å². The summed E-state index contributed by atoms with van der Waals surface area (Å²) in [5, 5.41) is 9.16. The lowest BCUT2D eigenvalue weighted by Gasteiger charge is -2.19. The van der Waals surface area contributed by atoms with E-state index in [1.54, 1.807) is 24.3 Å². The number of alkyl halides is 3. The number of hydrogen-bond acceptors (Lipinski definition) is 1. The van der Waals surface area contributed by atoms with Crippen LogP contribution in [0.15, 0.2) is 24.3 Å². The zero-order valence-electron chi connectivity index (χ0n) is 10.9. The molecule has 5 heteroatoms. The van der Waals surface area contributed by atoms with Crippen LogP contribution in [-0.2, 0) is 4.79 Å². The van der Waals surface area contributed by atoms with Crippen molar-refractivity contribution in [3.8, 4) is 0 Å². The normalized spacial score (nSPS) is 15.0. The van der Waals surface area contributed by atoms with Gasteiger partial charge in [0, 0.05) is 6.42 Å². The van der Waals surface area contributed by atoms with Crippen LogP contribution in [0.2, 0.25) is 0 Å². The molecule has 1 N–H and O–H groups in total. The fourth-order valence-electron chi connectivity index (χ4n) is 2.06.